The van der Waals surface area contributed by atoms with Crippen LogP contribution in [0.15, 0.2) is 42.5 Å². The summed E-state index contributed by atoms with van der Waals surface area (Å²) in [5.41, 5.74) is 2.81. The summed E-state index contributed by atoms with van der Waals surface area (Å²) in [5.74, 6) is -2.16. The van der Waals surface area contributed by atoms with Crippen LogP contribution in [0, 0.1) is 24.5 Å². The van der Waals surface area contributed by atoms with Crippen molar-refractivity contribution < 1.29 is 13.6 Å². The van der Waals surface area contributed by atoms with Crippen molar-refractivity contribution in [2.45, 2.75) is 26.3 Å². The quantitative estimate of drug-likeness (QED) is 0.905. The molecule has 1 aliphatic rings. The van der Waals surface area contributed by atoms with Gasteiger partial charge in [0.2, 0.25) is 5.91 Å². The monoisotopic (exact) mass is 344 g/mol. The van der Waals surface area contributed by atoms with Crippen LogP contribution in [0.5, 0.6) is 0 Å². The normalized spacial score (nSPS) is 18.1. The molecule has 5 heteroatoms. The number of nitrogens with one attached hydrogen (secondary N) is 1. The first-order valence-corrected chi connectivity index (χ1v) is 8.55. The first kappa shape index (κ1) is 17.5. The third-order valence-corrected chi connectivity index (χ3v) is 4.72. The van der Waals surface area contributed by atoms with Crippen molar-refractivity contribution in [3.8, 4) is 0 Å². The van der Waals surface area contributed by atoms with Crippen molar-refractivity contribution in [3.63, 3.8) is 0 Å². The highest BCUT2D eigenvalue weighted by Crippen LogP contribution is 2.22. The number of hydrogen-bond acceptors (Lipinski definition) is 2. The summed E-state index contributed by atoms with van der Waals surface area (Å²) in [6, 6.07) is 11.7. The van der Waals surface area contributed by atoms with Crippen molar-refractivity contribution in [2.75, 3.05) is 18.4 Å². The number of anilines is 1. The van der Waals surface area contributed by atoms with Crippen molar-refractivity contribution >= 4 is 11.6 Å². The molecule has 1 N–H and O–H groups in total. The van der Waals surface area contributed by atoms with Gasteiger partial charge in [-0.2, -0.15) is 0 Å². The van der Waals surface area contributed by atoms with Crippen LogP contribution < -0.4 is 5.32 Å². The minimum absolute atomic E-state index is 0.138. The highest BCUT2D eigenvalue weighted by molar-refractivity contribution is 5.92. The molecular formula is C20H22F2N2O. The fourth-order valence-electron chi connectivity index (χ4n) is 3.26. The average molecular weight is 344 g/mol. The zero-order valence-electron chi connectivity index (χ0n) is 14.3. The molecule has 25 heavy (non-hydrogen) atoms. The van der Waals surface area contributed by atoms with Crippen LogP contribution in [0.3, 0.4) is 0 Å². The summed E-state index contributed by atoms with van der Waals surface area (Å²) in [6.45, 7) is 4.54. The molecule has 0 aliphatic carbocycles. The van der Waals surface area contributed by atoms with E-state index in [2.05, 4.69) is 29.3 Å². The Morgan fingerprint density at radius 3 is 2.76 bits per heavy atom. The number of carbonyl (C=O) groups excluding carboxylic acids is 1. The second-order valence-corrected chi connectivity index (χ2v) is 6.62. The van der Waals surface area contributed by atoms with Crippen LogP contribution >= 0.6 is 0 Å². The van der Waals surface area contributed by atoms with Crippen LogP contribution in [0.1, 0.15) is 24.0 Å². The molecule has 1 atom stereocenters. The number of benzene rings is 2. The number of nitrogens with zero attached hydrogens (tertiary/aromatic N) is 1. The maximum atomic E-state index is 13.3. The predicted molar refractivity (Wildman–Crippen MR) is 94.2 cm³/mol. The van der Waals surface area contributed by atoms with E-state index in [4.69, 9.17) is 0 Å². The lowest BCUT2D eigenvalue weighted by Crippen LogP contribution is -2.40. The molecule has 132 valence electrons. The molecule has 1 saturated heterocycles. The van der Waals surface area contributed by atoms with Gasteiger partial charge in [0.15, 0.2) is 11.6 Å². The van der Waals surface area contributed by atoms with E-state index in [1.807, 2.05) is 12.1 Å². The van der Waals surface area contributed by atoms with Crippen LogP contribution in [0.2, 0.25) is 0 Å². The van der Waals surface area contributed by atoms with E-state index in [-0.39, 0.29) is 11.8 Å². The van der Waals surface area contributed by atoms with Gasteiger partial charge in [0.25, 0.3) is 0 Å². The van der Waals surface area contributed by atoms with Crippen molar-refractivity contribution in [1.82, 2.24) is 4.90 Å². The Morgan fingerprint density at radius 2 is 2.00 bits per heavy atom. The molecule has 2 aromatic rings. The van der Waals surface area contributed by atoms with Gasteiger partial charge < -0.3 is 5.32 Å². The van der Waals surface area contributed by atoms with E-state index in [0.29, 0.717) is 12.2 Å². The van der Waals surface area contributed by atoms with E-state index in [9.17, 15) is 13.6 Å². The lowest BCUT2D eigenvalue weighted by atomic mass is 9.96. The largest absolute Gasteiger partial charge is 0.326 e. The fourth-order valence-corrected chi connectivity index (χ4v) is 3.26. The van der Waals surface area contributed by atoms with E-state index < -0.39 is 11.6 Å². The molecule has 1 aliphatic heterocycles. The van der Waals surface area contributed by atoms with Gasteiger partial charge in [-0.05, 0) is 49.6 Å². The third-order valence-electron chi connectivity index (χ3n) is 4.72. The summed E-state index contributed by atoms with van der Waals surface area (Å²) in [6.07, 6.45) is 1.75. The number of halogens is 2. The highest BCUT2D eigenvalue weighted by atomic mass is 19.2. The van der Waals surface area contributed by atoms with Gasteiger partial charge in [0.1, 0.15) is 0 Å². The number of carbonyl (C=O) groups is 1. The third kappa shape index (κ3) is 4.42. The summed E-state index contributed by atoms with van der Waals surface area (Å²) in [7, 11) is 0. The molecule has 3 rings (SSSR count). The van der Waals surface area contributed by atoms with E-state index in [0.717, 1.165) is 38.1 Å². The Labute approximate surface area is 146 Å². The van der Waals surface area contributed by atoms with Gasteiger partial charge in [-0.1, -0.05) is 24.3 Å². The van der Waals surface area contributed by atoms with E-state index in [1.54, 1.807) is 0 Å². The molecule has 0 aromatic heterocycles. The number of amides is 1. The predicted octanol–water partition coefficient (Wildman–Crippen LogP) is 4.12. The summed E-state index contributed by atoms with van der Waals surface area (Å²) in [5, 5.41) is 2.70. The smallest absolute Gasteiger partial charge is 0.228 e. The SMILES string of the molecule is Cc1ccccc1CN1CCCC(C(=O)Nc2ccc(F)c(F)c2)C1. The number of rotatable bonds is 4. The van der Waals surface area contributed by atoms with Crippen molar-refractivity contribution in [2.24, 2.45) is 5.92 Å². The number of likely N-dealkylation sites (tertiary alicyclic amines) is 1. The number of hydrogen-bond donors (Lipinski definition) is 1. The van der Waals surface area contributed by atoms with Crippen LogP contribution in [-0.4, -0.2) is 23.9 Å². The first-order chi connectivity index (χ1) is 12.0. The molecule has 0 spiro atoms. The minimum atomic E-state index is -0.956. The molecule has 1 unspecified atom stereocenters. The van der Waals surface area contributed by atoms with Crippen molar-refractivity contribution in [3.05, 3.63) is 65.2 Å². The summed E-state index contributed by atoms with van der Waals surface area (Å²) >= 11 is 0. The lowest BCUT2D eigenvalue weighted by molar-refractivity contribution is -0.121. The Morgan fingerprint density at radius 1 is 1.20 bits per heavy atom. The minimum Gasteiger partial charge on any atom is -0.326 e. The van der Waals surface area contributed by atoms with Crippen LogP contribution in [-0.2, 0) is 11.3 Å². The first-order valence-electron chi connectivity index (χ1n) is 8.55. The van der Waals surface area contributed by atoms with Crippen molar-refractivity contribution in [1.29, 1.82) is 0 Å². The van der Waals surface area contributed by atoms with Crippen LogP contribution in [0.25, 0.3) is 0 Å². The Balaban J connectivity index is 1.61. The number of aryl methyl sites for hydroxylation is 1. The zero-order valence-corrected chi connectivity index (χ0v) is 14.3. The molecule has 0 saturated carbocycles. The van der Waals surface area contributed by atoms with E-state index in [1.165, 1.54) is 17.2 Å². The maximum Gasteiger partial charge on any atom is 0.228 e. The second-order valence-electron chi connectivity index (χ2n) is 6.62. The molecule has 1 fully saturated rings. The average Bonchev–Trinajstić information content (AvgIpc) is 2.60. The molecule has 0 radical (unpaired) electrons. The van der Waals surface area contributed by atoms with E-state index >= 15 is 0 Å². The van der Waals surface area contributed by atoms with Gasteiger partial charge in [0.05, 0.1) is 5.92 Å². The van der Waals surface area contributed by atoms with Gasteiger partial charge in [0, 0.05) is 24.8 Å². The molecule has 1 heterocycles. The molecule has 1 amide bonds. The fraction of sp³-hybridized carbons (Fsp3) is 0.350. The molecule has 0 bridgehead atoms. The summed E-state index contributed by atoms with van der Waals surface area (Å²) in [4.78, 5) is 14.8. The molecule has 3 nitrogen and oxygen atoms in total. The lowest BCUT2D eigenvalue weighted by Gasteiger charge is -2.32. The van der Waals surface area contributed by atoms with Gasteiger partial charge in [-0.3, -0.25) is 9.69 Å². The Kier molecular flexibility index (Phi) is 5.43. The van der Waals surface area contributed by atoms with Crippen LogP contribution in [0.4, 0.5) is 14.5 Å². The molecular weight excluding hydrogens is 322 g/mol. The van der Waals surface area contributed by atoms with Gasteiger partial charge >= 0.3 is 0 Å². The summed E-state index contributed by atoms with van der Waals surface area (Å²) < 4.78 is 26.3. The van der Waals surface area contributed by atoms with Gasteiger partial charge in [-0.15, -0.1) is 0 Å². The second kappa shape index (κ2) is 7.74. The number of piperidine rings is 1. The maximum absolute atomic E-state index is 13.3. The standard InChI is InChI=1S/C20H22F2N2O/c1-14-5-2-3-6-15(14)12-24-10-4-7-16(13-24)20(25)23-17-8-9-18(21)19(22)11-17/h2-3,5-6,8-9,11,16H,4,7,10,12-13H2,1H3,(H,23,25). The highest BCUT2D eigenvalue weighted by Gasteiger charge is 2.26. The Bertz CT molecular complexity index is 763. The Hall–Kier alpha value is -2.27. The topological polar surface area (TPSA) is 32.3 Å². The zero-order chi connectivity index (χ0) is 17.8. The molecule has 2 aromatic carbocycles. The van der Waals surface area contributed by atoms with Gasteiger partial charge in [-0.25, -0.2) is 8.78 Å².